The topological polar surface area (TPSA) is 116 Å². The number of aromatic nitrogens is 1. The van der Waals surface area contributed by atoms with E-state index in [0.717, 1.165) is 25.3 Å². The molecular formula is C31H35F7N4O6. The SMILES string of the molecule is COc1c(N2C[C@@H](C)N(C[C@H](O)CO)[C@@H](C)C2)c(F)cc2c(=O)c(C(=O)NCc3ccc(OC(F)(F)F)cc3C)cn(CC(F)(F)F)c12. The van der Waals surface area contributed by atoms with Crippen molar-refractivity contribution < 1.29 is 55.2 Å². The number of hydrogen-bond acceptors (Lipinski definition) is 8. The van der Waals surface area contributed by atoms with Gasteiger partial charge in [0, 0.05) is 44.5 Å². The normalized spacial score (nSPS) is 18.2. The Morgan fingerprint density at radius 2 is 1.75 bits per heavy atom. The Bertz CT molecular complexity index is 1700. The van der Waals surface area contributed by atoms with Crippen molar-refractivity contribution in [3.05, 3.63) is 63.2 Å². The number of β-amino-alcohol motifs (C(OH)–C–C–N with tert-alkyl or cyclic N) is 1. The molecule has 10 nitrogen and oxygen atoms in total. The van der Waals surface area contributed by atoms with Crippen molar-refractivity contribution in [1.82, 2.24) is 14.8 Å². The molecule has 48 heavy (non-hydrogen) atoms. The zero-order valence-corrected chi connectivity index (χ0v) is 26.4. The maximum atomic E-state index is 15.9. The van der Waals surface area contributed by atoms with E-state index in [4.69, 9.17) is 4.74 Å². The molecule has 0 saturated carbocycles. The number of aliphatic hydroxyl groups excluding tert-OH is 2. The lowest BCUT2D eigenvalue weighted by molar-refractivity contribution is -0.274. The van der Waals surface area contributed by atoms with E-state index >= 15 is 4.39 Å². The molecule has 0 aliphatic carbocycles. The van der Waals surface area contributed by atoms with E-state index in [1.807, 2.05) is 4.90 Å². The molecule has 1 fully saturated rings. The second-order valence-corrected chi connectivity index (χ2v) is 11.7. The van der Waals surface area contributed by atoms with Gasteiger partial charge in [0.1, 0.15) is 23.5 Å². The summed E-state index contributed by atoms with van der Waals surface area (Å²) in [5.74, 6) is -2.92. The lowest BCUT2D eigenvalue weighted by Crippen LogP contribution is -2.58. The zero-order valence-electron chi connectivity index (χ0n) is 26.4. The maximum absolute atomic E-state index is 15.9. The predicted molar refractivity (Wildman–Crippen MR) is 161 cm³/mol. The van der Waals surface area contributed by atoms with Crippen molar-refractivity contribution in [2.75, 3.05) is 38.3 Å². The molecule has 3 aromatic rings. The third kappa shape index (κ3) is 8.30. The first-order valence-electron chi connectivity index (χ1n) is 14.8. The highest BCUT2D eigenvalue weighted by Crippen LogP contribution is 2.40. The highest BCUT2D eigenvalue weighted by molar-refractivity contribution is 5.99. The van der Waals surface area contributed by atoms with Gasteiger partial charge in [-0.2, -0.15) is 13.2 Å². The number of carbonyl (C=O) groups is 1. The number of anilines is 1. The van der Waals surface area contributed by atoms with E-state index in [0.29, 0.717) is 21.9 Å². The molecule has 0 unspecified atom stereocenters. The Labute approximate surface area is 270 Å². The zero-order chi connectivity index (χ0) is 35.7. The number of aliphatic hydroxyl groups is 2. The van der Waals surface area contributed by atoms with Gasteiger partial charge in [-0.15, -0.1) is 13.2 Å². The van der Waals surface area contributed by atoms with Crippen molar-refractivity contribution >= 4 is 22.5 Å². The monoisotopic (exact) mass is 692 g/mol. The van der Waals surface area contributed by atoms with Gasteiger partial charge >= 0.3 is 12.5 Å². The number of nitrogens with one attached hydrogen (secondary N) is 1. The average Bonchev–Trinajstić information content (AvgIpc) is 2.97. The number of aryl methyl sites for hydroxylation is 1. The molecule has 3 N–H and O–H groups in total. The number of nitrogens with zero attached hydrogens (tertiary/aromatic N) is 3. The third-order valence-electron chi connectivity index (χ3n) is 8.08. The van der Waals surface area contributed by atoms with Crippen LogP contribution in [0.4, 0.5) is 36.4 Å². The fourth-order valence-electron chi connectivity index (χ4n) is 5.99. The van der Waals surface area contributed by atoms with Crippen molar-refractivity contribution in [3.63, 3.8) is 0 Å². The van der Waals surface area contributed by atoms with Crippen LogP contribution in [0.5, 0.6) is 11.5 Å². The highest BCUT2D eigenvalue weighted by Gasteiger charge is 2.36. The third-order valence-corrected chi connectivity index (χ3v) is 8.08. The number of fused-ring (bicyclic) bond motifs is 1. The Balaban J connectivity index is 1.74. The fourth-order valence-corrected chi connectivity index (χ4v) is 5.99. The smallest absolute Gasteiger partial charge is 0.492 e. The van der Waals surface area contributed by atoms with Crippen LogP contribution in [-0.2, 0) is 13.1 Å². The van der Waals surface area contributed by atoms with E-state index in [2.05, 4.69) is 10.1 Å². The van der Waals surface area contributed by atoms with Gasteiger partial charge in [-0.3, -0.25) is 14.5 Å². The van der Waals surface area contributed by atoms with Gasteiger partial charge in [-0.25, -0.2) is 4.39 Å². The Kier molecular flexibility index (Phi) is 10.9. The molecule has 1 saturated heterocycles. The number of benzene rings is 2. The minimum atomic E-state index is -4.92. The van der Waals surface area contributed by atoms with Gasteiger partial charge in [0.05, 0.1) is 30.7 Å². The number of alkyl halides is 6. The summed E-state index contributed by atoms with van der Waals surface area (Å²) in [6.45, 7) is 3.08. The number of ether oxygens (including phenoxy) is 2. The number of piperazine rings is 1. The summed E-state index contributed by atoms with van der Waals surface area (Å²) in [6, 6.07) is 3.51. The van der Waals surface area contributed by atoms with Crippen LogP contribution < -0.4 is 25.1 Å². The van der Waals surface area contributed by atoms with Crippen molar-refractivity contribution in [1.29, 1.82) is 0 Å². The Morgan fingerprint density at radius 1 is 1.10 bits per heavy atom. The number of pyridine rings is 1. The lowest BCUT2D eigenvalue weighted by atomic mass is 10.0. The van der Waals surface area contributed by atoms with Crippen LogP contribution in [0, 0.1) is 12.7 Å². The summed E-state index contributed by atoms with van der Waals surface area (Å²) < 4.78 is 105. The number of hydrogen-bond donors (Lipinski definition) is 3. The Morgan fingerprint density at radius 3 is 2.29 bits per heavy atom. The maximum Gasteiger partial charge on any atom is 0.573 e. The molecule has 1 amide bonds. The van der Waals surface area contributed by atoms with E-state index < -0.39 is 65.6 Å². The van der Waals surface area contributed by atoms with Gasteiger partial charge in [-0.1, -0.05) is 6.07 Å². The van der Waals surface area contributed by atoms with Gasteiger partial charge in [0.15, 0.2) is 11.6 Å². The molecule has 0 radical (unpaired) electrons. The molecule has 17 heteroatoms. The molecule has 1 aliphatic rings. The second-order valence-electron chi connectivity index (χ2n) is 11.7. The van der Waals surface area contributed by atoms with Gasteiger partial charge in [0.25, 0.3) is 5.91 Å². The lowest BCUT2D eigenvalue weighted by Gasteiger charge is -2.46. The van der Waals surface area contributed by atoms with Gasteiger partial charge in [0.2, 0.25) is 5.43 Å². The quantitative estimate of drug-likeness (QED) is 0.272. The predicted octanol–water partition coefficient (Wildman–Crippen LogP) is 4.10. The summed E-state index contributed by atoms with van der Waals surface area (Å²) in [6.07, 6.45) is -10.1. The van der Waals surface area contributed by atoms with Crippen LogP contribution in [0.25, 0.3) is 10.9 Å². The van der Waals surface area contributed by atoms with Crippen LogP contribution in [0.15, 0.2) is 35.3 Å². The van der Waals surface area contributed by atoms with E-state index in [1.54, 1.807) is 18.7 Å². The standard InChI is InChI=1S/C31H35F7N4O6/c1-16-7-21(48-31(36,37)38)6-5-19(16)9-39-29(46)23-13-41(15-30(33,34)35)25-22(27(23)45)8-24(32)26(28(25)47-4)40-10-17(2)42(18(3)11-40)12-20(44)14-43/h5-8,13,17-18,20,43-44H,9-12,14-15H2,1-4H3,(H,39,46)/t17-,18+,20-/m0/s1. The molecule has 2 heterocycles. The van der Waals surface area contributed by atoms with E-state index in [1.165, 1.54) is 13.0 Å². The summed E-state index contributed by atoms with van der Waals surface area (Å²) in [5.41, 5.74) is -1.75. The number of rotatable bonds is 10. The van der Waals surface area contributed by atoms with Crippen LogP contribution in [0.3, 0.4) is 0 Å². The molecule has 1 aromatic heterocycles. The fraction of sp³-hybridized carbons (Fsp3) is 0.484. The summed E-state index contributed by atoms with van der Waals surface area (Å²) >= 11 is 0. The van der Waals surface area contributed by atoms with Gasteiger partial charge in [-0.05, 0) is 50.1 Å². The molecule has 3 atom stereocenters. The van der Waals surface area contributed by atoms with Crippen molar-refractivity contribution in [2.45, 2.75) is 64.6 Å². The first-order valence-corrected chi connectivity index (χ1v) is 14.8. The number of methoxy groups -OCH3 is 1. The molecule has 264 valence electrons. The van der Waals surface area contributed by atoms with E-state index in [-0.39, 0.29) is 55.2 Å². The van der Waals surface area contributed by atoms with Crippen molar-refractivity contribution in [3.8, 4) is 11.5 Å². The Hall–Kier alpha value is -4.09. The largest absolute Gasteiger partial charge is 0.573 e. The number of amides is 1. The molecular weight excluding hydrogens is 657 g/mol. The summed E-state index contributed by atoms with van der Waals surface area (Å²) in [4.78, 5) is 30.2. The van der Waals surface area contributed by atoms with Gasteiger partial charge < -0.3 is 34.5 Å². The summed E-state index contributed by atoms with van der Waals surface area (Å²) in [5, 5.41) is 21.1. The summed E-state index contributed by atoms with van der Waals surface area (Å²) in [7, 11) is 1.12. The van der Waals surface area contributed by atoms with Crippen LogP contribution in [-0.4, -0.2) is 89.7 Å². The first kappa shape index (κ1) is 36.7. The highest BCUT2D eigenvalue weighted by atomic mass is 19.4. The molecule has 0 bridgehead atoms. The first-order chi connectivity index (χ1) is 22.3. The average molecular weight is 693 g/mol. The van der Waals surface area contributed by atoms with E-state index in [9.17, 15) is 46.1 Å². The van der Waals surface area contributed by atoms with Crippen molar-refractivity contribution in [2.24, 2.45) is 0 Å². The number of halogens is 7. The number of carbonyl (C=O) groups excluding carboxylic acids is 1. The molecule has 4 rings (SSSR count). The minimum absolute atomic E-state index is 0.136. The molecule has 1 aliphatic heterocycles. The molecule has 0 spiro atoms. The second kappa shape index (κ2) is 14.2. The van der Waals surface area contributed by atoms with Crippen LogP contribution in [0.1, 0.15) is 35.3 Å². The van der Waals surface area contributed by atoms with Crippen LogP contribution >= 0.6 is 0 Å². The minimum Gasteiger partial charge on any atom is -0.492 e. The van der Waals surface area contributed by atoms with Crippen LogP contribution in [0.2, 0.25) is 0 Å². The molecule has 2 aromatic carbocycles.